The van der Waals surface area contributed by atoms with Crippen LogP contribution in [0, 0.1) is 13.8 Å². The van der Waals surface area contributed by atoms with E-state index < -0.39 is 6.04 Å². The Morgan fingerprint density at radius 2 is 1.64 bits per heavy atom. The van der Waals surface area contributed by atoms with Gasteiger partial charge in [0, 0.05) is 28.9 Å². The summed E-state index contributed by atoms with van der Waals surface area (Å²) in [6, 6.07) is 13.4. The number of carbonyl (C=O) groups excluding carboxylic acids is 2. The molecule has 5 heteroatoms. The van der Waals surface area contributed by atoms with Crippen LogP contribution >= 0.6 is 0 Å². The number of amides is 2. The Balaban J connectivity index is 1.60. The predicted octanol–water partition coefficient (Wildman–Crippen LogP) is 3.63. The number of anilines is 1. The van der Waals surface area contributed by atoms with Crippen LogP contribution in [-0.4, -0.2) is 23.9 Å². The van der Waals surface area contributed by atoms with E-state index in [0.29, 0.717) is 11.3 Å². The Hall–Kier alpha value is -2.66. The van der Waals surface area contributed by atoms with Gasteiger partial charge in [0.1, 0.15) is 6.04 Å². The Kier molecular flexibility index (Phi) is 5.18. The number of benzene rings is 2. The Morgan fingerprint density at radius 3 is 2.39 bits per heavy atom. The summed E-state index contributed by atoms with van der Waals surface area (Å²) in [6.45, 7) is 3.99. The van der Waals surface area contributed by atoms with Crippen molar-refractivity contribution in [3.05, 3.63) is 64.7 Å². The van der Waals surface area contributed by atoms with Gasteiger partial charge in [-0.15, -0.1) is 0 Å². The molecule has 0 radical (unpaired) electrons. The van der Waals surface area contributed by atoms with Crippen LogP contribution in [0.3, 0.4) is 0 Å². The molecule has 1 saturated carbocycles. The van der Waals surface area contributed by atoms with Crippen molar-refractivity contribution in [1.82, 2.24) is 10.6 Å². The van der Waals surface area contributed by atoms with E-state index in [1.165, 1.54) is 6.42 Å². The first kappa shape index (κ1) is 18.7. The molecule has 0 bridgehead atoms. The summed E-state index contributed by atoms with van der Waals surface area (Å²) in [5.74, 6) is -0.184. The first-order chi connectivity index (χ1) is 13.5. The molecule has 3 N–H and O–H groups in total. The van der Waals surface area contributed by atoms with Gasteiger partial charge in [-0.2, -0.15) is 0 Å². The van der Waals surface area contributed by atoms with Gasteiger partial charge in [-0.05, 0) is 44.9 Å². The monoisotopic (exact) mass is 377 g/mol. The van der Waals surface area contributed by atoms with Gasteiger partial charge in [-0.1, -0.05) is 48.2 Å². The molecule has 1 heterocycles. The second-order valence-electron chi connectivity index (χ2n) is 8.02. The molecule has 3 atom stereocenters. The molecule has 1 aliphatic heterocycles. The number of carbonyl (C=O) groups is 2. The van der Waals surface area contributed by atoms with Crippen molar-refractivity contribution in [1.29, 1.82) is 0 Å². The molecule has 1 saturated heterocycles. The molecule has 28 heavy (non-hydrogen) atoms. The fourth-order valence-electron chi connectivity index (χ4n) is 4.22. The molecule has 146 valence electrons. The van der Waals surface area contributed by atoms with E-state index in [0.717, 1.165) is 36.0 Å². The average Bonchev–Trinajstić information content (AvgIpc) is 2.69. The van der Waals surface area contributed by atoms with Crippen molar-refractivity contribution in [2.24, 2.45) is 0 Å². The van der Waals surface area contributed by atoms with Crippen molar-refractivity contribution in [3.8, 4) is 0 Å². The zero-order valence-electron chi connectivity index (χ0n) is 16.4. The first-order valence-electron chi connectivity index (χ1n) is 10.1. The fraction of sp³-hybridized carbons (Fsp3) is 0.391. The van der Waals surface area contributed by atoms with Crippen LogP contribution in [0.1, 0.15) is 58.8 Å². The van der Waals surface area contributed by atoms with Crippen molar-refractivity contribution < 1.29 is 9.59 Å². The lowest BCUT2D eigenvalue weighted by molar-refractivity contribution is -0.127. The number of hydrogen-bond donors (Lipinski definition) is 3. The summed E-state index contributed by atoms with van der Waals surface area (Å²) < 4.78 is 0. The maximum Gasteiger partial charge on any atom is 0.255 e. The van der Waals surface area contributed by atoms with E-state index in [2.05, 4.69) is 16.0 Å². The van der Waals surface area contributed by atoms with Crippen molar-refractivity contribution in [2.45, 2.75) is 57.7 Å². The first-order valence-corrected chi connectivity index (χ1v) is 10.1. The van der Waals surface area contributed by atoms with Crippen LogP contribution in [0.15, 0.2) is 42.5 Å². The molecule has 3 unspecified atom stereocenters. The third-order valence-corrected chi connectivity index (χ3v) is 5.82. The quantitative estimate of drug-likeness (QED) is 0.765. The van der Waals surface area contributed by atoms with Crippen molar-refractivity contribution in [3.63, 3.8) is 0 Å². The maximum absolute atomic E-state index is 12.8. The van der Waals surface area contributed by atoms with E-state index in [1.807, 2.05) is 56.3 Å². The Bertz CT molecular complexity index is 891. The second-order valence-corrected chi connectivity index (χ2v) is 8.02. The summed E-state index contributed by atoms with van der Waals surface area (Å²) in [7, 11) is 0. The minimum atomic E-state index is -0.451. The summed E-state index contributed by atoms with van der Waals surface area (Å²) in [5.41, 5.74) is 4.27. The van der Waals surface area contributed by atoms with Crippen LogP contribution in [-0.2, 0) is 4.79 Å². The van der Waals surface area contributed by atoms with Crippen LogP contribution in [0.5, 0.6) is 0 Å². The van der Waals surface area contributed by atoms with Gasteiger partial charge in [0.2, 0.25) is 5.91 Å². The van der Waals surface area contributed by atoms with E-state index in [9.17, 15) is 9.59 Å². The minimum Gasteiger partial charge on any atom is -0.350 e. The highest BCUT2D eigenvalue weighted by Crippen LogP contribution is 2.31. The number of aryl methyl sites for hydroxylation is 2. The van der Waals surface area contributed by atoms with Gasteiger partial charge in [0.05, 0.1) is 0 Å². The number of hydrogen-bond acceptors (Lipinski definition) is 3. The largest absolute Gasteiger partial charge is 0.350 e. The molecule has 0 aromatic heterocycles. The number of nitrogens with one attached hydrogen (secondary N) is 3. The van der Waals surface area contributed by atoms with Gasteiger partial charge in [0.25, 0.3) is 5.91 Å². The van der Waals surface area contributed by atoms with Crippen molar-refractivity contribution >= 4 is 17.5 Å². The van der Waals surface area contributed by atoms with Crippen LogP contribution in [0.2, 0.25) is 0 Å². The zero-order chi connectivity index (χ0) is 19.7. The van der Waals surface area contributed by atoms with E-state index in [-0.39, 0.29) is 23.9 Å². The van der Waals surface area contributed by atoms with E-state index in [4.69, 9.17) is 0 Å². The molecule has 0 spiro atoms. The third kappa shape index (κ3) is 3.80. The molecular weight excluding hydrogens is 350 g/mol. The molecule has 2 fully saturated rings. The molecule has 2 aromatic carbocycles. The van der Waals surface area contributed by atoms with E-state index >= 15 is 0 Å². The maximum atomic E-state index is 12.8. The Morgan fingerprint density at radius 1 is 0.964 bits per heavy atom. The summed E-state index contributed by atoms with van der Waals surface area (Å²) in [6.07, 6.45) is 4.44. The van der Waals surface area contributed by atoms with Gasteiger partial charge in [0.15, 0.2) is 0 Å². The van der Waals surface area contributed by atoms with Crippen LogP contribution in [0.25, 0.3) is 0 Å². The van der Waals surface area contributed by atoms with Crippen LogP contribution in [0.4, 0.5) is 5.69 Å². The SMILES string of the molecule is Cc1ccc(C(=O)Nc2ccc(C)cc2C2NC3CCCCC3NC2=O)cc1. The van der Waals surface area contributed by atoms with Gasteiger partial charge in [-0.25, -0.2) is 0 Å². The van der Waals surface area contributed by atoms with Gasteiger partial charge < -0.3 is 10.6 Å². The standard InChI is InChI=1S/C23H27N3O2/c1-14-7-10-16(11-8-14)22(27)25-18-12-9-15(2)13-17(18)21-23(28)26-20-6-4-3-5-19(20)24-21/h7-13,19-21,24H,3-6H2,1-2H3,(H,25,27)(H,26,28). The van der Waals surface area contributed by atoms with Gasteiger partial charge >= 0.3 is 0 Å². The minimum absolute atomic E-state index is 0.0143. The predicted molar refractivity (Wildman–Crippen MR) is 110 cm³/mol. The molecule has 2 aromatic rings. The molecule has 2 aliphatic rings. The smallest absolute Gasteiger partial charge is 0.255 e. The molecule has 5 nitrogen and oxygen atoms in total. The number of fused-ring (bicyclic) bond motifs is 1. The van der Waals surface area contributed by atoms with Gasteiger partial charge in [-0.3, -0.25) is 14.9 Å². The molecule has 1 aliphatic carbocycles. The molecular formula is C23H27N3O2. The zero-order valence-corrected chi connectivity index (χ0v) is 16.4. The lowest BCUT2D eigenvalue weighted by Gasteiger charge is -2.41. The summed E-state index contributed by atoms with van der Waals surface area (Å²) in [4.78, 5) is 25.5. The highest BCUT2D eigenvalue weighted by Gasteiger charge is 2.37. The fourth-order valence-corrected chi connectivity index (χ4v) is 4.22. The van der Waals surface area contributed by atoms with Crippen molar-refractivity contribution in [2.75, 3.05) is 5.32 Å². The normalized spacial score (nSPS) is 24.2. The van der Waals surface area contributed by atoms with E-state index in [1.54, 1.807) is 0 Å². The third-order valence-electron chi connectivity index (χ3n) is 5.82. The Labute approximate surface area is 165 Å². The second kappa shape index (κ2) is 7.76. The number of rotatable bonds is 3. The summed E-state index contributed by atoms with van der Waals surface area (Å²) in [5, 5.41) is 9.74. The highest BCUT2D eigenvalue weighted by molar-refractivity contribution is 6.05. The molecule has 4 rings (SSSR count). The summed E-state index contributed by atoms with van der Waals surface area (Å²) >= 11 is 0. The lowest BCUT2D eigenvalue weighted by atomic mass is 9.86. The highest BCUT2D eigenvalue weighted by atomic mass is 16.2. The van der Waals surface area contributed by atoms with Crippen LogP contribution < -0.4 is 16.0 Å². The average molecular weight is 377 g/mol. The number of piperazine rings is 1. The lowest BCUT2D eigenvalue weighted by Crippen LogP contribution is -2.61. The molecule has 2 amide bonds. The topological polar surface area (TPSA) is 70.2 Å².